The third-order valence-corrected chi connectivity index (χ3v) is 3.90. The van der Waals surface area contributed by atoms with E-state index in [0.717, 1.165) is 28.7 Å². The Balaban J connectivity index is 2.13. The van der Waals surface area contributed by atoms with Crippen molar-refractivity contribution in [1.29, 1.82) is 0 Å². The van der Waals surface area contributed by atoms with Crippen molar-refractivity contribution in [2.24, 2.45) is 0 Å². The van der Waals surface area contributed by atoms with Crippen LogP contribution in [-0.4, -0.2) is 5.78 Å². The first-order valence-corrected chi connectivity index (χ1v) is 6.56. The monoisotopic (exact) mass is 274 g/mol. The lowest BCUT2D eigenvalue weighted by molar-refractivity contribution is 0.0994. The molecule has 1 nitrogen and oxygen atoms in total. The van der Waals surface area contributed by atoms with Gasteiger partial charge in [0, 0.05) is 17.5 Å². The molecule has 0 bridgehead atoms. The van der Waals surface area contributed by atoms with Gasteiger partial charge in [0.1, 0.15) is 5.82 Å². The van der Waals surface area contributed by atoms with Gasteiger partial charge in [-0.05, 0) is 42.2 Å². The number of halogens is 2. The summed E-state index contributed by atoms with van der Waals surface area (Å²) in [6.45, 7) is 1.71. The van der Waals surface area contributed by atoms with Crippen molar-refractivity contribution < 1.29 is 9.18 Å². The van der Waals surface area contributed by atoms with Gasteiger partial charge in [-0.2, -0.15) is 0 Å². The first-order chi connectivity index (χ1) is 9.06. The lowest BCUT2D eigenvalue weighted by Crippen LogP contribution is -1.92. The van der Waals surface area contributed by atoms with Crippen molar-refractivity contribution in [2.75, 3.05) is 0 Å². The second-order valence-corrected chi connectivity index (χ2v) is 5.28. The maximum absolute atomic E-state index is 13.4. The molecule has 0 heterocycles. The van der Waals surface area contributed by atoms with Crippen LogP contribution in [0.15, 0.2) is 30.3 Å². The Kier molecular flexibility index (Phi) is 2.90. The summed E-state index contributed by atoms with van der Waals surface area (Å²) in [6.07, 6.45) is 1.36. The summed E-state index contributed by atoms with van der Waals surface area (Å²) in [6, 6.07) is 8.79. The second kappa shape index (κ2) is 4.46. The van der Waals surface area contributed by atoms with Gasteiger partial charge in [0.2, 0.25) is 0 Å². The van der Waals surface area contributed by atoms with Crippen LogP contribution in [0, 0.1) is 12.7 Å². The van der Waals surface area contributed by atoms with Crippen LogP contribution >= 0.6 is 11.6 Å². The maximum atomic E-state index is 13.4. The minimum atomic E-state index is -0.301. The van der Waals surface area contributed by atoms with Crippen molar-refractivity contribution in [1.82, 2.24) is 0 Å². The van der Waals surface area contributed by atoms with Crippen LogP contribution in [0.3, 0.4) is 0 Å². The molecular weight excluding hydrogens is 263 g/mol. The Morgan fingerprint density at radius 2 is 1.89 bits per heavy atom. The van der Waals surface area contributed by atoms with Crippen molar-refractivity contribution in [2.45, 2.75) is 19.8 Å². The van der Waals surface area contributed by atoms with Crippen molar-refractivity contribution in [3.63, 3.8) is 0 Å². The highest BCUT2D eigenvalue weighted by Gasteiger charge is 2.20. The number of carbonyl (C=O) groups excluding carboxylic acids is 1. The molecule has 0 aliphatic heterocycles. The lowest BCUT2D eigenvalue weighted by Gasteiger charge is -2.09. The maximum Gasteiger partial charge on any atom is 0.163 e. The van der Waals surface area contributed by atoms with Gasteiger partial charge < -0.3 is 0 Å². The van der Waals surface area contributed by atoms with E-state index in [0.29, 0.717) is 17.0 Å². The number of Topliss-reactive ketones (excluding diaryl/α,β-unsaturated/α-hetero) is 1. The van der Waals surface area contributed by atoms with E-state index in [1.165, 1.54) is 6.07 Å². The number of carbonyl (C=O) groups is 1. The molecule has 0 amide bonds. The highest BCUT2D eigenvalue weighted by Crippen LogP contribution is 2.33. The Hall–Kier alpha value is -1.67. The predicted octanol–water partition coefficient (Wildman–Crippen LogP) is 4.58. The van der Waals surface area contributed by atoms with Gasteiger partial charge >= 0.3 is 0 Å². The number of aryl methyl sites for hydroxylation is 2. The molecule has 3 heteroatoms. The third kappa shape index (κ3) is 2.06. The van der Waals surface area contributed by atoms with Crippen molar-refractivity contribution in [3.05, 3.63) is 57.9 Å². The van der Waals surface area contributed by atoms with Gasteiger partial charge in [-0.15, -0.1) is 0 Å². The molecule has 0 aromatic heterocycles. The fourth-order valence-corrected chi connectivity index (χ4v) is 2.76. The van der Waals surface area contributed by atoms with Crippen LogP contribution in [0.25, 0.3) is 11.1 Å². The fraction of sp³-hybridized carbons (Fsp3) is 0.188. The molecule has 0 radical (unpaired) electrons. The summed E-state index contributed by atoms with van der Waals surface area (Å²) in [5.74, 6) is -0.104. The minimum absolute atomic E-state index is 0.197. The Morgan fingerprint density at radius 3 is 2.68 bits per heavy atom. The zero-order chi connectivity index (χ0) is 13.6. The van der Waals surface area contributed by atoms with Crippen LogP contribution in [0.2, 0.25) is 5.02 Å². The topological polar surface area (TPSA) is 17.1 Å². The van der Waals surface area contributed by atoms with E-state index in [9.17, 15) is 9.18 Å². The molecule has 0 saturated heterocycles. The zero-order valence-corrected chi connectivity index (χ0v) is 11.2. The molecular formula is C16H12ClFO. The molecule has 96 valence electrons. The fourth-order valence-electron chi connectivity index (χ4n) is 2.50. The van der Waals surface area contributed by atoms with Crippen LogP contribution in [0.5, 0.6) is 0 Å². The Bertz CT molecular complexity index is 691. The van der Waals surface area contributed by atoms with E-state index in [2.05, 4.69) is 0 Å². The van der Waals surface area contributed by atoms with Gasteiger partial charge in [-0.3, -0.25) is 4.79 Å². The van der Waals surface area contributed by atoms with Crippen LogP contribution in [-0.2, 0) is 6.42 Å². The Labute approximate surface area is 116 Å². The van der Waals surface area contributed by atoms with Gasteiger partial charge in [0.05, 0.1) is 5.02 Å². The number of hydrogen-bond donors (Lipinski definition) is 0. The van der Waals surface area contributed by atoms with E-state index in [-0.39, 0.29) is 11.6 Å². The molecule has 1 aliphatic carbocycles. The quantitative estimate of drug-likeness (QED) is 0.744. The standard InChI is InChI=1S/C16H12ClFO/c1-9-6-13(14(17)8-15(9)18)11-2-4-12-10(7-11)3-5-16(12)19/h2,4,6-8H,3,5H2,1H3. The van der Waals surface area contributed by atoms with E-state index in [1.807, 2.05) is 18.2 Å². The van der Waals surface area contributed by atoms with Gasteiger partial charge in [-0.25, -0.2) is 4.39 Å². The predicted molar refractivity (Wildman–Crippen MR) is 74.2 cm³/mol. The van der Waals surface area contributed by atoms with Crippen LogP contribution < -0.4 is 0 Å². The average Bonchev–Trinajstić information content (AvgIpc) is 2.75. The molecule has 2 aromatic carbocycles. The van der Waals surface area contributed by atoms with E-state index in [1.54, 1.807) is 13.0 Å². The summed E-state index contributed by atoms with van der Waals surface area (Å²) in [7, 11) is 0. The lowest BCUT2D eigenvalue weighted by atomic mass is 9.99. The Morgan fingerprint density at radius 1 is 1.11 bits per heavy atom. The highest BCUT2D eigenvalue weighted by atomic mass is 35.5. The largest absolute Gasteiger partial charge is 0.294 e. The SMILES string of the molecule is Cc1cc(-c2ccc3c(c2)CCC3=O)c(Cl)cc1F. The third-order valence-electron chi connectivity index (χ3n) is 3.59. The van der Waals surface area contributed by atoms with Crippen molar-refractivity contribution >= 4 is 17.4 Å². The van der Waals surface area contributed by atoms with Gasteiger partial charge in [0.15, 0.2) is 5.78 Å². The van der Waals surface area contributed by atoms with Crippen LogP contribution in [0.1, 0.15) is 27.9 Å². The number of benzene rings is 2. The summed E-state index contributed by atoms with van der Waals surface area (Å²) < 4.78 is 13.4. The summed E-state index contributed by atoms with van der Waals surface area (Å²) >= 11 is 6.11. The smallest absolute Gasteiger partial charge is 0.163 e. The van der Waals surface area contributed by atoms with Gasteiger partial charge in [-0.1, -0.05) is 29.8 Å². The molecule has 0 unspecified atom stereocenters. The van der Waals surface area contributed by atoms with E-state index in [4.69, 9.17) is 11.6 Å². The zero-order valence-electron chi connectivity index (χ0n) is 10.5. The molecule has 3 rings (SSSR count). The second-order valence-electron chi connectivity index (χ2n) is 4.88. The van der Waals surface area contributed by atoms with Crippen molar-refractivity contribution in [3.8, 4) is 11.1 Å². The summed E-state index contributed by atoms with van der Waals surface area (Å²) in [5, 5.41) is 0.396. The molecule has 0 fully saturated rings. The molecule has 0 N–H and O–H groups in total. The first-order valence-electron chi connectivity index (χ1n) is 6.18. The molecule has 0 spiro atoms. The summed E-state index contributed by atoms with van der Waals surface area (Å²) in [4.78, 5) is 11.6. The summed E-state index contributed by atoms with van der Waals surface area (Å²) in [5.41, 5.74) is 4.17. The molecule has 0 atom stereocenters. The van der Waals surface area contributed by atoms with Crippen LogP contribution in [0.4, 0.5) is 4.39 Å². The highest BCUT2D eigenvalue weighted by molar-refractivity contribution is 6.33. The molecule has 0 saturated carbocycles. The molecule has 19 heavy (non-hydrogen) atoms. The number of fused-ring (bicyclic) bond motifs is 1. The first kappa shape index (κ1) is 12.4. The van der Waals surface area contributed by atoms with E-state index >= 15 is 0 Å². The minimum Gasteiger partial charge on any atom is -0.294 e. The normalized spacial score (nSPS) is 13.7. The molecule has 1 aliphatic rings. The number of hydrogen-bond acceptors (Lipinski definition) is 1. The molecule has 2 aromatic rings. The number of rotatable bonds is 1. The number of ketones is 1. The average molecular weight is 275 g/mol. The van der Waals surface area contributed by atoms with E-state index < -0.39 is 0 Å². The van der Waals surface area contributed by atoms with Gasteiger partial charge in [0.25, 0.3) is 0 Å².